The van der Waals surface area contributed by atoms with E-state index >= 15 is 0 Å². The van der Waals surface area contributed by atoms with Crippen LogP contribution in [0, 0.1) is 0 Å². The summed E-state index contributed by atoms with van der Waals surface area (Å²) in [5.41, 5.74) is 0.625. The number of amides is 1. The summed E-state index contributed by atoms with van der Waals surface area (Å²) < 4.78 is 6.25. The van der Waals surface area contributed by atoms with E-state index in [-0.39, 0.29) is 12.0 Å². The van der Waals surface area contributed by atoms with E-state index in [1.807, 2.05) is 0 Å². The molecule has 1 fully saturated rings. The maximum atomic E-state index is 12.3. The monoisotopic (exact) mass is 331 g/mol. The lowest BCUT2D eigenvalue weighted by molar-refractivity contribution is 0.0586. The zero-order valence-electron chi connectivity index (χ0n) is 10.2. The van der Waals surface area contributed by atoms with Crippen LogP contribution in [0.5, 0.6) is 0 Å². The first-order valence-electron chi connectivity index (χ1n) is 5.90. The molecule has 1 unspecified atom stereocenters. The molecule has 1 amide bonds. The molecule has 0 radical (unpaired) electrons. The quantitative estimate of drug-likeness (QED) is 0.849. The summed E-state index contributed by atoms with van der Waals surface area (Å²) in [6.45, 7) is 1.44. The zero-order valence-corrected chi connectivity index (χ0v) is 12.5. The van der Waals surface area contributed by atoms with E-state index in [9.17, 15) is 4.79 Å². The third-order valence-corrected chi connectivity index (χ3v) is 3.90. The topological polar surface area (TPSA) is 29.5 Å². The summed E-state index contributed by atoms with van der Waals surface area (Å²) in [5.74, 6) is -0.0194. The fourth-order valence-electron chi connectivity index (χ4n) is 2.05. The van der Waals surface area contributed by atoms with E-state index in [1.54, 1.807) is 30.1 Å². The predicted octanol–water partition coefficient (Wildman–Crippen LogP) is 3.35. The van der Waals surface area contributed by atoms with Crippen molar-refractivity contribution in [2.45, 2.75) is 18.9 Å². The van der Waals surface area contributed by atoms with Gasteiger partial charge in [-0.15, -0.1) is 0 Å². The number of halogens is 2. The van der Waals surface area contributed by atoms with Gasteiger partial charge in [-0.1, -0.05) is 11.6 Å². The third kappa shape index (κ3) is 3.25. The van der Waals surface area contributed by atoms with Crippen molar-refractivity contribution in [3.8, 4) is 0 Å². The molecule has 1 atom stereocenters. The minimum absolute atomic E-state index is 0.0194. The Morgan fingerprint density at radius 1 is 1.61 bits per heavy atom. The Kier molecular flexibility index (Phi) is 4.65. The van der Waals surface area contributed by atoms with Gasteiger partial charge in [0.1, 0.15) is 0 Å². The van der Waals surface area contributed by atoms with Gasteiger partial charge < -0.3 is 9.64 Å². The molecule has 1 aromatic rings. The number of rotatable bonds is 3. The first-order valence-corrected chi connectivity index (χ1v) is 7.07. The molecule has 1 saturated heterocycles. The average Bonchev–Trinajstić information content (AvgIpc) is 2.81. The molecule has 2 rings (SSSR count). The maximum absolute atomic E-state index is 12.3. The molecule has 98 valence electrons. The van der Waals surface area contributed by atoms with Gasteiger partial charge in [0, 0.05) is 29.7 Å². The van der Waals surface area contributed by atoms with Crippen molar-refractivity contribution in [2.24, 2.45) is 0 Å². The standard InChI is InChI=1S/C13H15BrClNO2/c1-16(8-10-3-2-6-18-10)13(17)11-5-4-9(15)7-12(11)14/h4-5,7,10H,2-3,6,8H2,1H3. The summed E-state index contributed by atoms with van der Waals surface area (Å²) in [7, 11) is 1.80. The molecule has 0 N–H and O–H groups in total. The Morgan fingerprint density at radius 2 is 2.39 bits per heavy atom. The van der Waals surface area contributed by atoms with Crippen LogP contribution in [0.4, 0.5) is 0 Å². The van der Waals surface area contributed by atoms with Crippen LogP contribution in [0.3, 0.4) is 0 Å². The lowest BCUT2D eigenvalue weighted by Crippen LogP contribution is -2.34. The molecule has 3 nitrogen and oxygen atoms in total. The first-order chi connectivity index (χ1) is 8.58. The third-order valence-electron chi connectivity index (χ3n) is 3.01. The van der Waals surface area contributed by atoms with Crippen molar-refractivity contribution in [1.29, 1.82) is 0 Å². The number of hydrogen-bond acceptors (Lipinski definition) is 2. The van der Waals surface area contributed by atoms with Crippen LogP contribution in [0.15, 0.2) is 22.7 Å². The Hall–Kier alpha value is -0.580. The molecular weight excluding hydrogens is 318 g/mol. The number of carbonyl (C=O) groups is 1. The van der Waals surface area contributed by atoms with Crippen LogP contribution in [0.1, 0.15) is 23.2 Å². The van der Waals surface area contributed by atoms with Gasteiger partial charge in [0.25, 0.3) is 5.91 Å². The molecule has 1 heterocycles. The van der Waals surface area contributed by atoms with E-state index in [4.69, 9.17) is 16.3 Å². The average molecular weight is 333 g/mol. The molecule has 0 saturated carbocycles. The molecule has 0 aromatic heterocycles. The smallest absolute Gasteiger partial charge is 0.254 e. The van der Waals surface area contributed by atoms with Crippen LogP contribution in [-0.4, -0.2) is 37.1 Å². The van der Waals surface area contributed by atoms with Crippen LogP contribution in [-0.2, 0) is 4.74 Å². The summed E-state index contributed by atoms with van der Waals surface area (Å²) >= 11 is 9.23. The SMILES string of the molecule is CN(CC1CCCO1)C(=O)c1ccc(Cl)cc1Br. The summed E-state index contributed by atoms with van der Waals surface area (Å²) in [5, 5.41) is 0.611. The van der Waals surface area contributed by atoms with Crippen molar-refractivity contribution in [1.82, 2.24) is 4.90 Å². The number of benzene rings is 1. The van der Waals surface area contributed by atoms with Gasteiger partial charge in [-0.25, -0.2) is 0 Å². The summed E-state index contributed by atoms with van der Waals surface area (Å²) in [6.07, 6.45) is 2.28. The van der Waals surface area contributed by atoms with E-state index in [0.29, 0.717) is 17.1 Å². The Morgan fingerprint density at radius 3 is 3.00 bits per heavy atom. The summed E-state index contributed by atoms with van der Waals surface area (Å²) in [4.78, 5) is 14.0. The number of carbonyl (C=O) groups excluding carboxylic acids is 1. The fraction of sp³-hybridized carbons (Fsp3) is 0.462. The van der Waals surface area contributed by atoms with Crippen molar-refractivity contribution < 1.29 is 9.53 Å². The van der Waals surface area contributed by atoms with Crippen molar-refractivity contribution in [3.05, 3.63) is 33.3 Å². The molecule has 18 heavy (non-hydrogen) atoms. The highest BCUT2D eigenvalue weighted by Gasteiger charge is 2.21. The highest BCUT2D eigenvalue weighted by atomic mass is 79.9. The second-order valence-electron chi connectivity index (χ2n) is 4.44. The second-order valence-corrected chi connectivity index (χ2v) is 5.74. The van der Waals surface area contributed by atoms with Crippen molar-refractivity contribution >= 4 is 33.4 Å². The Balaban J connectivity index is 2.05. The van der Waals surface area contributed by atoms with E-state index in [1.165, 1.54) is 0 Å². The molecule has 0 aliphatic carbocycles. The van der Waals surface area contributed by atoms with Crippen LogP contribution in [0.25, 0.3) is 0 Å². The zero-order chi connectivity index (χ0) is 13.1. The normalized spacial score (nSPS) is 18.9. The molecule has 1 aliphatic rings. The fourth-order valence-corrected chi connectivity index (χ4v) is 2.90. The second kappa shape index (κ2) is 6.04. The largest absolute Gasteiger partial charge is 0.376 e. The van der Waals surface area contributed by atoms with Gasteiger partial charge in [0.2, 0.25) is 0 Å². The van der Waals surface area contributed by atoms with Gasteiger partial charge in [-0.3, -0.25) is 4.79 Å². The van der Waals surface area contributed by atoms with Gasteiger partial charge in [-0.2, -0.15) is 0 Å². The minimum Gasteiger partial charge on any atom is -0.376 e. The highest BCUT2D eigenvalue weighted by Crippen LogP contribution is 2.23. The Bertz CT molecular complexity index is 447. The van der Waals surface area contributed by atoms with Crippen molar-refractivity contribution in [2.75, 3.05) is 20.2 Å². The van der Waals surface area contributed by atoms with Gasteiger partial charge >= 0.3 is 0 Å². The number of ether oxygens (including phenoxy) is 1. The minimum atomic E-state index is -0.0194. The van der Waals surface area contributed by atoms with Gasteiger partial charge in [0.05, 0.1) is 11.7 Å². The van der Waals surface area contributed by atoms with Gasteiger partial charge in [0.15, 0.2) is 0 Å². The lowest BCUT2D eigenvalue weighted by atomic mass is 10.2. The van der Waals surface area contributed by atoms with Crippen LogP contribution < -0.4 is 0 Å². The lowest BCUT2D eigenvalue weighted by Gasteiger charge is -2.21. The molecule has 0 bridgehead atoms. The van der Waals surface area contributed by atoms with Crippen molar-refractivity contribution in [3.63, 3.8) is 0 Å². The van der Waals surface area contributed by atoms with Crippen LogP contribution >= 0.6 is 27.5 Å². The molecule has 5 heteroatoms. The maximum Gasteiger partial charge on any atom is 0.254 e. The molecule has 1 aromatic carbocycles. The van der Waals surface area contributed by atoms with E-state index in [0.717, 1.165) is 23.9 Å². The molecular formula is C13H15BrClNO2. The predicted molar refractivity (Wildman–Crippen MR) is 75.1 cm³/mol. The highest BCUT2D eigenvalue weighted by molar-refractivity contribution is 9.10. The molecule has 0 spiro atoms. The van der Waals surface area contributed by atoms with E-state index in [2.05, 4.69) is 15.9 Å². The Labute approximate surface area is 120 Å². The van der Waals surface area contributed by atoms with Crippen LogP contribution in [0.2, 0.25) is 5.02 Å². The van der Waals surface area contributed by atoms with Gasteiger partial charge in [-0.05, 0) is 47.0 Å². The number of likely N-dealkylation sites (N-methyl/N-ethyl adjacent to an activating group) is 1. The molecule has 1 aliphatic heterocycles. The first kappa shape index (κ1) is 13.8. The van der Waals surface area contributed by atoms with E-state index < -0.39 is 0 Å². The summed E-state index contributed by atoms with van der Waals surface area (Å²) in [6, 6.07) is 5.19. The number of nitrogens with zero attached hydrogens (tertiary/aromatic N) is 1. The number of hydrogen-bond donors (Lipinski definition) is 0.